The smallest absolute Gasteiger partial charge is 0.222 e. The van der Waals surface area contributed by atoms with Crippen LogP contribution in [0.1, 0.15) is 18.7 Å². The number of halogens is 1. The summed E-state index contributed by atoms with van der Waals surface area (Å²) in [5.74, 6) is 0.726. The molecule has 1 unspecified atom stereocenters. The molecular weight excluding hydrogens is 223 g/mol. The van der Waals surface area contributed by atoms with Gasteiger partial charge in [-0.1, -0.05) is 17.3 Å². The molecule has 2 rings (SSSR count). The van der Waals surface area contributed by atoms with Crippen LogP contribution in [0.15, 0.2) is 28.8 Å². The van der Waals surface area contributed by atoms with Crippen LogP contribution < -0.4 is 10.5 Å². The van der Waals surface area contributed by atoms with Gasteiger partial charge < -0.3 is 15.0 Å². The van der Waals surface area contributed by atoms with Gasteiger partial charge in [0.05, 0.1) is 12.7 Å². The van der Waals surface area contributed by atoms with Crippen molar-refractivity contribution in [2.24, 2.45) is 0 Å². The number of alkyl halides is 1. The van der Waals surface area contributed by atoms with E-state index in [-0.39, 0.29) is 5.88 Å². The summed E-state index contributed by atoms with van der Waals surface area (Å²) < 4.78 is 23.6. The molecule has 1 aromatic heterocycles. The minimum absolute atomic E-state index is 0.184. The van der Waals surface area contributed by atoms with Crippen LogP contribution in [0.4, 0.5) is 10.3 Å². The van der Waals surface area contributed by atoms with Gasteiger partial charge in [-0.05, 0) is 18.6 Å². The summed E-state index contributed by atoms with van der Waals surface area (Å²) in [6.07, 6.45) is -1.13. The minimum Gasteiger partial charge on any atom is -0.496 e. The summed E-state index contributed by atoms with van der Waals surface area (Å²) in [7, 11) is 1.52. The number of benzene rings is 1. The lowest BCUT2D eigenvalue weighted by Gasteiger charge is -2.12. The molecule has 0 radical (unpaired) electrons. The first-order valence-electron chi connectivity index (χ1n) is 5.17. The Kier molecular flexibility index (Phi) is 2.99. The normalized spacial score (nSPS) is 12.4. The SMILES string of the molecule is COc1cccc(C(C)F)c1-c1cc(N)on1. The summed E-state index contributed by atoms with van der Waals surface area (Å²) in [5.41, 5.74) is 7.01. The Bertz CT molecular complexity index is 523. The van der Waals surface area contributed by atoms with E-state index in [2.05, 4.69) is 5.16 Å². The predicted molar refractivity (Wildman–Crippen MR) is 62.4 cm³/mol. The van der Waals surface area contributed by atoms with Crippen LogP contribution in [0.5, 0.6) is 5.75 Å². The van der Waals surface area contributed by atoms with Gasteiger partial charge in [0.1, 0.15) is 17.6 Å². The monoisotopic (exact) mass is 236 g/mol. The maximum absolute atomic E-state index is 13.6. The summed E-state index contributed by atoms with van der Waals surface area (Å²) in [4.78, 5) is 0. The number of nitrogens with zero attached hydrogens (tertiary/aromatic N) is 1. The molecule has 2 N–H and O–H groups in total. The van der Waals surface area contributed by atoms with Gasteiger partial charge in [-0.2, -0.15) is 0 Å². The first-order chi connectivity index (χ1) is 8.13. The molecule has 1 heterocycles. The fourth-order valence-electron chi connectivity index (χ4n) is 1.73. The third kappa shape index (κ3) is 2.08. The van der Waals surface area contributed by atoms with Crippen LogP contribution in [0, 0.1) is 0 Å². The van der Waals surface area contributed by atoms with E-state index in [1.807, 2.05) is 0 Å². The van der Waals surface area contributed by atoms with Gasteiger partial charge in [0.15, 0.2) is 0 Å². The molecule has 0 spiro atoms. The van der Waals surface area contributed by atoms with E-state index < -0.39 is 6.17 Å². The molecule has 0 aliphatic rings. The van der Waals surface area contributed by atoms with Crippen LogP contribution in [-0.4, -0.2) is 12.3 Å². The van der Waals surface area contributed by atoms with E-state index in [0.717, 1.165) is 0 Å². The molecule has 0 saturated carbocycles. The maximum Gasteiger partial charge on any atom is 0.222 e. The van der Waals surface area contributed by atoms with Gasteiger partial charge in [0.25, 0.3) is 0 Å². The Morgan fingerprint density at radius 1 is 1.47 bits per heavy atom. The number of anilines is 1. The lowest BCUT2D eigenvalue weighted by atomic mass is 10.0. The first kappa shape index (κ1) is 11.4. The van der Waals surface area contributed by atoms with Gasteiger partial charge in [-0.25, -0.2) is 4.39 Å². The number of aromatic nitrogens is 1. The topological polar surface area (TPSA) is 61.3 Å². The van der Waals surface area contributed by atoms with Crippen molar-refractivity contribution in [1.29, 1.82) is 0 Å². The van der Waals surface area contributed by atoms with E-state index >= 15 is 0 Å². The van der Waals surface area contributed by atoms with Crippen molar-refractivity contribution in [3.63, 3.8) is 0 Å². The maximum atomic E-state index is 13.6. The van der Waals surface area contributed by atoms with Gasteiger partial charge in [-0.3, -0.25) is 0 Å². The molecule has 5 heteroatoms. The molecule has 17 heavy (non-hydrogen) atoms. The van der Waals surface area contributed by atoms with Gasteiger partial charge in [0.2, 0.25) is 5.88 Å². The van der Waals surface area contributed by atoms with E-state index in [0.29, 0.717) is 22.6 Å². The molecule has 4 nitrogen and oxygen atoms in total. The Morgan fingerprint density at radius 2 is 2.24 bits per heavy atom. The summed E-state index contributed by atoms with van der Waals surface area (Å²) in [5, 5.41) is 3.79. The van der Waals surface area contributed by atoms with Crippen LogP contribution >= 0.6 is 0 Å². The average molecular weight is 236 g/mol. The summed E-state index contributed by atoms with van der Waals surface area (Å²) in [6.45, 7) is 1.46. The number of nitrogens with two attached hydrogens (primary N) is 1. The standard InChI is InChI=1S/C12H13FN2O2/c1-7(13)8-4-3-5-10(16-2)12(8)9-6-11(14)17-15-9/h3-7H,14H2,1-2H3. The van der Waals surface area contributed by atoms with Crippen molar-refractivity contribution in [3.8, 4) is 17.0 Å². The van der Waals surface area contributed by atoms with Crippen LogP contribution in [0.2, 0.25) is 0 Å². The zero-order valence-electron chi connectivity index (χ0n) is 9.61. The van der Waals surface area contributed by atoms with E-state index in [4.69, 9.17) is 15.0 Å². The highest BCUT2D eigenvalue weighted by Crippen LogP contribution is 2.37. The average Bonchev–Trinajstić information content (AvgIpc) is 2.74. The zero-order chi connectivity index (χ0) is 12.4. The van der Waals surface area contributed by atoms with Crippen LogP contribution in [-0.2, 0) is 0 Å². The molecule has 0 amide bonds. The number of methoxy groups -OCH3 is 1. The molecular formula is C12H13FN2O2. The van der Waals surface area contributed by atoms with Crippen molar-refractivity contribution in [2.45, 2.75) is 13.1 Å². The highest BCUT2D eigenvalue weighted by Gasteiger charge is 2.18. The number of hydrogen-bond acceptors (Lipinski definition) is 4. The van der Waals surface area contributed by atoms with Crippen molar-refractivity contribution in [2.75, 3.05) is 12.8 Å². The van der Waals surface area contributed by atoms with Crippen molar-refractivity contribution in [3.05, 3.63) is 29.8 Å². The second kappa shape index (κ2) is 4.45. The second-order valence-electron chi connectivity index (χ2n) is 3.66. The van der Waals surface area contributed by atoms with Gasteiger partial charge >= 0.3 is 0 Å². The quantitative estimate of drug-likeness (QED) is 0.889. The van der Waals surface area contributed by atoms with E-state index in [9.17, 15) is 4.39 Å². The summed E-state index contributed by atoms with van der Waals surface area (Å²) >= 11 is 0. The molecule has 1 atom stereocenters. The molecule has 90 valence electrons. The first-order valence-corrected chi connectivity index (χ1v) is 5.17. The molecule has 0 aliphatic carbocycles. The molecule has 0 aliphatic heterocycles. The Balaban J connectivity index is 2.64. The Labute approximate surface area is 98.2 Å². The highest BCUT2D eigenvalue weighted by molar-refractivity contribution is 5.72. The number of nitrogen functional groups attached to an aromatic ring is 1. The zero-order valence-corrected chi connectivity index (χ0v) is 9.61. The minimum atomic E-state index is -1.13. The summed E-state index contributed by atoms with van der Waals surface area (Å²) in [6, 6.07) is 6.71. The van der Waals surface area contributed by atoms with Crippen molar-refractivity contribution >= 4 is 5.88 Å². The number of rotatable bonds is 3. The molecule has 0 saturated heterocycles. The Hall–Kier alpha value is -2.04. The Morgan fingerprint density at radius 3 is 2.76 bits per heavy atom. The highest BCUT2D eigenvalue weighted by atomic mass is 19.1. The van der Waals surface area contributed by atoms with Crippen LogP contribution in [0.3, 0.4) is 0 Å². The van der Waals surface area contributed by atoms with E-state index in [1.165, 1.54) is 14.0 Å². The largest absolute Gasteiger partial charge is 0.496 e. The molecule has 2 aromatic rings. The van der Waals surface area contributed by atoms with E-state index in [1.54, 1.807) is 24.3 Å². The fraction of sp³-hybridized carbons (Fsp3) is 0.250. The molecule has 0 bridgehead atoms. The lowest BCUT2D eigenvalue weighted by Crippen LogP contribution is -1.95. The van der Waals surface area contributed by atoms with Crippen LogP contribution in [0.25, 0.3) is 11.3 Å². The van der Waals surface area contributed by atoms with Gasteiger partial charge in [0, 0.05) is 6.07 Å². The molecule has 0 fully saturated rings. The number of hydrogen-bond donors (Lipinski definition) is 1. The molecule has 1 aromatic carbocycles. The van der Waals surface area contributed by atoms with Gasteiger partial charge in [-0.15, -0.1) is 0 Å². The number of ether oxygens (including phenoxy) is 1. The van der Waals surface area contributed by atoms with Crippen molar-refractivity contribution < 1.29 is 13.7 Å². The second-order valence-corrected chi connectivity index (χ2v) is 3.66. The third-order valence-corrected chi connectivity index (χ3v) is 2.49. The lowest BCUT2D eigenvalue weighted by molar-refractivity contribution is 0.370. The van der Waals surface area contributed by atoms with Crippen molar-refractivity contribution in [1.82, 2.24) is 5.16 Å². The predicted octanol–water partition coefficient (Wildman–Crippen LogP) is 2.96. The fourth-order valence-corrected chi connectivity index (χ4v) is 1.73. The third-order valence-electron chi connectivity index (χ3n) is 2.49.